The molecule has 4 heteroatoms. The van der Waals surface area contributed by atoms with Gasteiger partial charge in [0.15, 0.2) is 0 Å². The summed E-state index contributed by atoms with van der Waals surface area (Å²) in [6.45, 7) is 6.10. The Morgan fingerprint density at radius 3 is 2.60 bits per heavy atom. The first kappa shape index (κ1) is 19.0. The molecule has 0 fully saturated rings. The number of aliphatic hydroxyl groups is 1. The van der Waals surface area contributed by atoms with Crippen LogP contribution in [0.3, 0.4) is 0 Å². The predicted octanol–water partition coefficient (Wildman–Crippen LogP) is 3.89. The van der Waals surface area contributed by atoms with E-state index in [2.05, 4.69) is 0 Å². The average Bonchev–Trinajstić information content (AvgIpc) is 2.61. The standard InChI is InChI=1S/C21H26O4/c1-5-25-21(23)12-19(16-10-9-14(2)17(11-16)13-22)18-7-6-8-20(24-4)15(18)3/h6-11,19,22H,5,12-13H2,1-4H3. The predicted molar refractivity (Wildman–Crippen MR) is 97.9 cm³/mol. The van der Waals surface area contributed by atoms with Gasteiger partial charge in [-0.2, -0.15) is 0 Å². The van der Waals surface area contributed by atoms with Gasteiger partial charge < -0.3 is 14.6 Å². The summed E-state index contributed by atoms with van der Waals surface area (Å²) in [4.78, 5) is 12.2. The number of hydrogen-bond donors (Lipinski definition) is 1. The molecule has 1 unspecified atom stereocenters. The molecule has 1 N–H and O–H groups in total. The summed E-state index contributed by atoms with van der Waals surface area (Å²) in [5, 5.41) is 9.59. The van der Waals surface area contributed by atoms with Crippen molar-refractivity contribution in [1.82, 2.24) is 0 Å². The molecular formula is C21H26O4. The molecule has 4 nitrogen and oxygen atoms in total. The monoisotopic (exact) mass is 342 g/mol. The molecule has 2 aromatic carbocycles. The summed E-state index contributed by atoms with van der Waals surface area (Å²) in [7, 11) is 1.64. The molecule has 25 heavy (non-hydrogen) atoms. The van der Waals surface area contributed by atoms with Crippen LogP contribution in [0.2, 0.25) is 0 Å². The fourth-order valence-electron chi connectivity index (χ4n) is 3.10. The van der Waals surface area contributed by atoms with Crippen molar-refractivity contribution in [3.8, 4) is 5.75 Å². The van der Waals surface area contributed by atoms with Crippen molar-refractivity contribution in [2.75, 3.05) is 13.7 Å². The normalized spacial score (nSPS) is 11.9. The van der Waals surface area contributed by atoms with Gasteiger partial charge in [0.25, 0.3) is 0 Å². The highest BCUT2D eigenvalue weighted by molar-refractivity contribution is 5.72. The summed E-state index contributed by atoms with van der Waals surface area (Å²) in [6, 6.07) is 11.8. The van der Waals surface area contributed by atoms with E-state index in [1.807, 2.05) is 50.2 Å². The van der Waals surface area contributed by atoms with Crippen molar-refractivity contribution >= 4 is 5.97 Å². The van der Waals surface area contributed by atoms with Crippen LogP contribution in [0.5, 0.6) is 5.75 Å². The lowest BCUT2D eigenvalue weighted by Gasteiger charge is -2.21. The minimum Gasteiger partial charge on any atom is -0.496 e. The lowest BCUT2D eigenvalue weighted by atomic mass is 9.84. The molecule has 0 saturated carbocycles. The van der Waals surface area contributed by atoms with Gasteiger partial charge in [0.2, 0.25) is 0 Å². The van der Waals surface area contributed by atoms with Crippen molar-refractivity contribution < 1.29 is 19.4 Å². The van der Waals surface area contributed by atoms with Crippen molar-refractivity contribution in [3.63, 3.8) is 0 Å². The van der Waals surface area contributed by atoms with E-state index in [-0.39, 0.29) is 24.9 Å². The van der Waals surface area contributed by atoms with Gasteiger partial charge in [-0.05, 0) is 54.7 Å². The molecule has 2 aromatic rings. The fourth-order valence-corrected chi connectivity index (χ4v) is 3.10. The number of ether oxygens (including phenoxy) is 2. The van der Waals surface area contributed by atoms with Crippen LogP contribution in [0.25, 0.3) is 0 Å². The van der Waals surface area contributed by atoms with Crippen LogP contribution in [-0.2, 0) is 16.1 Å². The third-order valence-electron chi connectivity index (χ3n) is 4.54. The number of carbonyl (C=O) groups excluding carboxylic acids is 1. The van der Waals surface area contributed by atoms with E-state index in [4.69, 9.17) is 9.47 Å². The Morgan fingerprint density at radius 2 is 1.96 bits per heavy atom. The maximum absolute atomic E-state index is 12.2. The summed E-state index contributed by atoms with van der Waals surface area (Å²) < 4.78 is 10.6. The van der Waals surface area contributed by atoms with Gasteiger partial charge in [0.05, 0.1) is 26.7 Å². The molecule has 0 aromatic heterocycles. The minimum absolute atomic E-state index is 0.0249. The number of hydrogen-bond acceptors (Lipinski definition) is 4. The number of esters is 1. The first-order chi connectivity index (χ1) is 12.0. The molecule has 134 valence electrons. The van der Waals surface area contributed by atoms with Crippen LogP contribution in [0.4, 0.5) is 0 Å². The van der Waals surface area contributed by atoms with Crippen molar-refractivity contribution in [2.45, 2.75) is 39.7 Å². The van der Waals surface area contributed by atoms with E-state index in [9.17, 15) is 9.90 Å². The quantitative estimate of drug-likeness (QED) is 0.776. The van der Waals surface area contributed by atoms with Crippen molar-refractivity contribution in [2.24, 2.45) is 0 Å². The molecule has 0 heterocycles. The van der Waals surface area contributed by atoms with E-state index in [0.717, 1.165) is 33.6 Å². The number of aryl methyl sites for hydroxylation is 1. The third-order valence-corrected chi connectivity index (χ3v) is 4.54. The maximum atomic E-state index is 12.2. The zero-order chi connectivity index (χ0) is 18.4. The smallest absolute Gasteiger partial charge is 0.306 e. The number of methoxy groups -OCH3 is 1. The third kappa shape index (κ3) is 4.40. The summed E-state index contributed by atoms with van der Waals surface area (Å²) in [6.07, 6.45) is 0.246. The number of aliphatic hydroxyl groups excluding tert-OH is 1. The topological polar surface area (TPSA) is 55.8 Å². The van der Waals surface area contributed by atoms with Crippen LogP contribution in [0.15, 0.2) is 36.4 Å². The number of carbonyl (C=O) groups is 1. The van der Waals surface area contributed by atoms with Gasteiger partial charge in [0.1, 0.15) is 5.75 Å². The molecule has 0 bridgehead atoms. The van der Waals surface area contributed by atoms with Gasteiger partial charge in [0, 0.05) is 5.92 Å². The Morgan fingerprint density at radius 1 is 1.20 bits per heavy atom. The second kappa shape index (κ2) is 8.67. The van der Waals surface area contributed by atoms with Gasteiger partial charge in [-0.3, -0.25) is 4.79 Å². The Hall–Kier alpha value is -2.33. The molecule has 1 atom stereocenters. The largest absolute Gasteiger partial charge is 0.496 e. The van der Waals surface area contributed by atoms with Crippen LogP contribution in [0.1, 0.15) is 47.1 Å². The number of benzene rings is 2. The minimum atomic E-state index is -0.235. The van der Waals surface area contributed by atoms with E-state index < -0.39 is 0 Å². The first-order valence-corrected chi connectivity index (χ1v) is 8.51. The average molecular weight is 342 g/mol. The van der Waals surface area contributed by atoms with Crippen molar-refractivity contribution in [1.29, 1.82) is 0 Å². The molecule has 0 saturated heterocycles. The highest BCUT2D eigenvalue weighted by Gasteiger charge is 2.22. The van der Waals surface area contributed by atoms with Gasteiger partial charge in [-0.1, -0.05) is 30.3 Å². The van der Waals surface area contributed by atoms with Crippen LogP contribution < -0.4 is 4.74 Å². The van der Waals surface area contributed by atoms with E-state index in [1.165, 1.54) is 0 Å². The van der Waals surface area contributed by atoms with Gasteiger partial charge in [-0.15, -0.1) is 0 Å². The second-order valence-electron chi connectivity index (χ2n) is 6.08. The molecule has 2 rings (SSSR count). The Kier molecular flexibility index (Phi) is 6.59. The SMILES string of the molecule is CCOC(=O)CC(c1ccc(C)c(CO)c1)c1cccc(OC)c1C. The Balaban J connectivity index is 2.52. The van der Waals surface area contributed by atoms with E-state index >= 15 is 0 Å². The second-order valence-corrected chi connectivity index (χ2v) is 6.08. The molecule has 0 aliphatic carbocycles. The van der Waals surface area contributed by atoms with Gasteiger partial charge in [-0.25, -0.2) is 0 Å². The first-order valence-electron chi connectivity index (χ1n) is 8.51. The fraction of sp³-hybridized carbons (Fsp3) is 0.381. The van der Waals surface area contributed by atoms with E-state index in [0.29, 0.717) is 6.61 Å². The Bertz CT molecular complexity index is 737. The molecule has 0 aliphatic heterocycles. The number of rotatable bonds is 7. The summed E-state index contributed by atoms with van der Waals surface area (Å²) in [5.41, 5.74) is 4.92. The van der Waals surface area contributed by atoms with Crippen LogP contribution in [-0.4, -0.2) is 24.8 Å². The van der Waals surface area contributed by atoms with Gasteiger partial charge >= 0.3 is 5.97 Å². The van der Waals surface area contributed by atoms with Crippen LogP contribution in [0, 0.1) is 13.8 Å². The van der Waals surface area contributed by atoms with Crippen molar-refractivity contribution in [3.05, 3.63) is 64.2 Å². The van der Waals surface area contributed by atoms with E-state index in [1.54, 1.807) is 14.0 Å². The van der Waals surface area contributed by atoms with Crippen LogP contribution >= 0.6 is 0 Å². The lowest BCUT2D eigenvalue weighted by Crippen LogP contribution is -2.13. The highest BCUT2D eigenvalue weighted by atomic mass is 16.5. The molecule has 0 spiro atoms. The zero-order valence-electron chi connectivity index (χ0n) is 15.3. The molecular weight excluding hydrogens is 316 g/mol. The maximum Gasteiger partial charge on any atom is 0.306 e. The summed E-state index contributed by atoms with van der Waals surface area (Å²) >= 11 is 0. The summed E-state index contributed by atoms with van der Waals surface area (Å²) in [5.74, 6) is 0.404. The lowest BCUT2D eigenvalue weighted by molar-refractivity contribution is -0.143. The highest BCUT2D eigenvalue weighted by Crippen LogP contribution is 2.35. The zero-order valence-corrected chi connectivity index (χ0v) is 15.3. The molecule has 0 amide bonds. The Labute approximate surface area is 149 Å². The molecule has 0 aliphatic rings. The molecule has 0 radical (unpaired) electrons.